The van der Waals surface area contributed by atoms with E-state index < -0.39 is 10.0 Å². The Bertz CT molecular complexity index is 640. The van der Waals surface area contributed by atoms with E-state index in [2.05, 4.69) is 5.32 Å². The highest BCUT2D eigenvalue weighted by Crippen LogP contribution is 2.24. The molecule has 1 aliphatic heterocycles. The van der Waals surface area contributed by atoms with Gasteiger partial charge in [0.2, 0.25) is 15.9 Å². The zero-order chi connectivity index (χ0) is 16.2. The lowest BCUT2D eigenvalue weighted by Crippen LogP contribution is -2.40. The molecule has 0 radical (unpaired) electrons. The minimum atomic E-state index is -3.57. The predicted molar refractivity (Wildman–Crippen MR) is 87.8 cm³/mol. The standard InChI is InChI=1S/C14H20N2O4S2/c1-11-3-4-12(15-14(17)10-21-2)9-13(11)22(18,19)16-5-7-20-8-6-16/h3-4,9H,5-8,10H2,1-2H3,(H,15,17). The van der Waals surface area contributed by atoms with Crippen LogP contribution in [0.4, 0.5) is 5.69 Å². The Labute approximate surface area is 135 Å². The molecular weight excluding hydrogens is 324 g/mol. The third kappa shape index (κ3) is 4.01. The number of nitrogens with zero attached hydrogens (tertiary/aromatic N) is 1. The van der Waals surface area contributed by atoms with Crippen LogP contribution < -0.4 is 5.32 Å². The molecule has 2 rings (SSSR count). The van der Waals surface area contributed by atoms with E-state index in [9.17, 15) is 13.2 Å². The second-order valence-electron chi connectivity index (χ2n) is 4.98. The van der Waals surface area contributed by atoms with Gasteiger partial charge in [-0.1, -0.05) is 6.07 Å². The average molecular weight is 344 g/mol. The molecule has 0 saturated carbocycles. The number of rotatable bonds is 5. The van der Waals surface area contributed by atoms with Crippen LogP contribution >= 0.6 is 11.8 Å². The minimum absolute atomic E-state index is 0.147. The summed E-state index contributed by atoms with van der Waals surface area (Å²) in [7, 11) is -3.57. The number of ether oxygens (including phenoxy) is 1. The van der Waals surface area contributed by atoms with E-state index >= 15 is 0 Å². The maximum atomic E-state index is 12.7. The van der Waals surface area contributed by atoms with Crippen LogP contribution in [0, 0.1) is 6.92 Å². The van der Waals surface area contributed by atoms with E-state index in [4.69, 9.17) is 4.74 Å². The van der Waals surface area contributed by atoms with Crippen LogP contribution in [-0.4, -0.2) is 56.9 Å². The first-order chi connectivity index (χ1) is 10.4. The largest absolute Gasteiger partial charge is 0.379 e. The Morgan fingerprint density at radius 1 is 1.36 bits per heavy atom. The van der Waals surface area contributed by atoms with Crippen LogP contribution in [0.15, 0.2) is 23.1 Å². The molecule has 1 aromatic rings. The number of carbonyl (C=O) groups excluding carboxylic acids is 1. The molecule has 1 amide bonds. The van der Waals surface area contributed by atoms with Gasteiger partial charge in [0.05, 0.1) is 23.9 Å². The van der Waals surface area contributed by atoms with Crippen molar-refractivity contribution in [1.82, 2.24) is 4.31 Å². The van der Waals surface area contributed by atoms with Crippen LogP contribution in [0.25, 0.3) is 0 Å². The molecule has 0 unspecified atom stereocenters. The van der Waals surface area contributed by atoms with Crippen molar-refractivity contribution in [3.8, 4) is 0 Å². The molecule has 122 valence electrons. The van der Waals surface area contributed by atoms with E-state index in [1.54, 1.807) is 19.1 Å². The van der Waals surface area contributed by atoms with Crippen LogP contribution in [0.1, 0.15) is 5.56 Å². The molecule has 1 saturated heterocycles. The highest BCUT2D eigenvalue weighted by atomic mass is 32.2. The van der Waals surface area contributed by atoms with Gasteiger partial charge in [-0.3, -0.25) is 4.79 Å². The summed E-state index contributed by atoms with van der Waals surface area (Å²) in [5.41, 5.74) is 1.16. The van der Waals surface area contributed by atoms with Gasteiger partial charge in [-0.05, 0) is 30.9 Å². The van der Waals surface area contributed by atoms with E-state index in [1.165, 1.54) is 22.1 Å². The average Bonchev–Trinajstić information content (AvgIpc) is 2.50. The summed E-state index contributed by atoms with van der Waals surface area (Å²) in [5, 5.41) is 2.72. The first-order valence-corrected chi connectivity index (χ1v) is 9.76. The molecule has 1 aromatic carbocycles. The van der Waals surface area contributed by atoms with Gasteiger partial charge in [0.15, 0.2) is 0 Å². The number of hydrogen-bond donors (Lipinski definition) is 1. The number of benzene rings is 1. The molecular formula is C14H20N2O4S2. The Hall–Kier alpha value is -1.09. The van der Waals surface area contributed by atoms with Gasteiger partial charge in [-0.15, -0.1) is 0 Å². The fourth-order valence-corrected chi connectivity index (χ4v) is 4.20. The van der Waals surface area contributed by atoms with Crippen molar-refractivity contribution in [2.75, 3.05) is 43.6 Å². The number of amides is 1. The molecule has 1 heterocycles. The Kier molecular flexibility index (Phi) is 5.85. The lowest BCUT2D eigenvalue weighted by Gasteiger charge is -2.26. The molecule has 0 atom stereocenters. The molecule has 1 aliphatic rings. The summed E-state index contributed by atoms with van der Waals surface area (Å²) in [6.07, 6.45) is 1.84. The lowest BCUT2D eigenvalue weighted by atomic mass is 10.2. The Morgan fingerprint density at radius 3 is 2.68 bits per heavy atom. The summed E-state index contributed by atoms with van der Waals surface area (Å²) < 4.78 is 32.1. The van der Waals surface area contributed by atoms with E-state index in [-0.39, 0.29) is 10.8 Å². The van der Waals surface area contributed by atoms with Crippen molar-refractivity contribution >= 4 is 33.4 Å². The maximum Gasteiger partial charge on any atom is 0.243 e. The molecule has 1 fully saturated rings. The van der Waals surface area contributed by atoms with Gasteiger partial charge >= 0.3 is 0 Å². The van der Waals surface area contributed by atoms with Crippen LogP contribution in [0.3, 0.4) is 0 Å². The number of hydrogen-bond acceptors (Lipinski definition) is 5. The normalized spacial score (nSPS) is 16.5. The van der Waals surface area contributed by atoms with Gasteiger partial charge in [0, 0.05) is 18.8 Å². The quantitative estimate of drug-likeness (QED) is 0.872. The van der Waals surface area contributed by atoms with Crippen molar-refractivity contribution in [2.24, 2.45) is 0 Å². The minimum Gasteiger partial charge on any atom is -0.379 e. The summed E-state index contributed by atoms with van der Waals surface area (Å²) in [6, 6.07) is 4.95. The second-order valence-corrected chi connectivity index (χ2v) is 7.75. The fourth-order valence-electron chi connectivity index (χ4n) is 2.21. The second kappa shape index (κ2) is 7.45. The van der Waals surface area contributed by atoms with Crippen molar-refractivity contribution in [2.45, 2.75) is 11.8 Å². The van der Waals surface area contributed by atoms with Crippen LogP contribution in [0.2, 0.25) is 0 Å². The zero-order valence-corrected chi connectivity index (χ0v) is 14.3. The maximum absolute atomic E-state index is 12.7. The van der Waals surface area contributed by atoms with Crippen LogP contribution in [-0.2, 0) is 19.6 Å². The van der Waals surface area contributed by atoms with Gasteiger partial charge in [0.25, 0.3) is 0 Å². The first-order valence-electron chi connectivity index (χ1n) is 6.92. The summed E-state index contributed by atoms with van der Waals surface area (Å²) in [4.78, 5) is 11.9. The molecule has 0 bridgehead atoms. The van der Waals surface area contributed by atoms with Crippen molar-refractivity contribution in [1.29, 1.82) is 0 Å². The fraction of sp³-hybridized carbons (Fsp3) is 0.500. The number of sulfonamides is 1. The molecule has 8 heteroatoms. The summed E-state index contributed by atoms with van der Waals surface area (Å²) >= 11 is 1.41. The molecule has 0 aromatic heterocycles. The number of nitrogens with one attached hydrogen (secondary N) is 1. The predicted octanol–water partition coefficient (Wildman–Crippen LogP) is 1.32. The van der Waals surface area contributed by atoms with Gasteiger partial charge in [-0.25, -0.2) is 8.42 Å². The number of morpholine rings is 1. The lowest BCUT2D eigenvalue weighted by molar-refractivity contribution is -0.113. The number of carbonyl (C=O) groups is 1. The Morgan fingerprint density at radius 2 is 2.05 bits per heavy atom. The molecule has 6 nitrogen and oxygen atoms in total. The van der Waals surface area contributed by atoms with Crippen LogP contribution in [0.5, 0.6) is 0 Å². The summed E-state index contributed by atoms with van der Waals surface area (Å²) in [5.74, 6) is 0.186. The Balaban J connectivity index is 2.27. The van der Waals surface area contributed by atoms with E-state index in [0.29, 0.717) is 43.3 Å². The smallest absolute Gasteiger partial charge is 0.243 e. The third-order valence-corrected chi connectivity index (χ3v) is 5.93. The van der Waals surface area contributed by atoms with Crippen molar-refractivity contribution < 1.29 is 17.9 Å². The first kappa shape index (κ1) is 17.3. The van der Waals surface area contributed by atoms with Crippen molar-refractivity contribution in [3.05, 3.63) is 23.8 Å². The van der Waals surface area contributed by atoms with Gasteiger partial charge in [-0.2, -0.15) is 16.1 Å². The highest BCUT2D eigenvalue weighted by Gasteiger charge is 2.28. The number of anilines is 1. The molecule has 1 N–H and O–H groups in total. The van der Waals surface area contributed by atoms with Gasteiger partial charge in [0.1, 0.15) is 0 Å². The van der Waals surface area contributed by atoms with Gasteiger partial charge < -0.3 is 10.1 Å². The zero-order valence-electron chi connectivity index (χ0n) is 12.7. The highest BCUT2D eigenvalue weighted by molar-refractivity contribution is 7.99. The molecule has 0 aliphatic carbocycles. The molecule has 0 spiro atoms. The van der Waals surface area contributed by atoms with Crippen molar-refractivity contribution in [3.63, 3.8) is 0 Å². The van der Waals surface area contributed by atoms with E-state index in [0.717, 1.165) is 0 Å². The SMILES string of the molecule is CSCC(=O)Nc1ccc(C)c(S(=O)(=O)N2CCOCC2)c1. The summed E-state index contributed by atoms with van der Waals surface area (Å²) in [6.45, 7) is 3.27. The number of thioether (sulfide) groups is 1. The number of aryl methyl sites for hydroxylation is 1. The topological polar surface area (TPSA) is 75.7 Å². The third-order valence-electron chi connectivity index (χ3n) is 3.34. The molecule has 22 heavy (non-hydrogen) atoms. The monoisotopic (exact) mass is 344 g/mol. The van der Waals surface area contributed by atoms with E-state index in [1.807, 2.05) is 6.26 Å².